The van der Waals surface area contributed by atoms with Gasteiger partial charge in [-0.1, -0.05) is 17.4 Å². The second-order valence-electron chi connectivity index (χ2n) is 4.49. The Morgan fingerprint density at radius 2 is 1.88 bits per heavy atom. The molecule has 0 spiro atoms. The van der Waals surface area contributed by atoms with Gasteiger partial charge in [0.2, 0.25) is 0 Å². The van der Waals surface area contributed by atoms with Gasteiger partial charge in [0, 0.05) is 11.8 Å². The van der Waals surface area contributed by atoms with Crippen LogP contribution in [0, 0.1) is 10.1 Å². The van der Waals surface area contributed by atoms with Gasteiger partial charge in [0.25, 0.3) is 15.7 Å². The topological polar surface area (TPSA) is 150 Å². The molecule has 0 aliphatic rings. The van der Waals surface area contributed by atoms with Crippen molar-refractivity contribution in [2.45, 2.75) is 4.90 Å². The SMILES string of the molecule is O=C(O)c1ccc(NS(=O)(=O)c2ccc(Cl)c([N+](=O)[O-])c2)cc1[O-]. The lowest BCUT2D eigenvalue weighted by Gasteiger charge is -2.14. The van der Waals surface area contributed by atoms with Gasteiger partial charge in [0.15, 0.2) is 0 Å². The molecule has 11 heteroatoms. The molecule has 0 amide bonds. The van der Waals surface area contributed by atoms with E-state index in [-0.39, 0.29) is 10.7 Å². The molecule has 2 aromatic rings. The number of nitro benzene ring substituents is 1. The lowest BCUT2D eigenvalue weighted by atomic mass is 10.2. The number of anilines is 1. The van der Waals surface area contributed by atoms with Crippen molar-refractivity contribution in [2.75, 3.05) is 4.72 Å². The quantitative estimate of drug-likeness (QED) is 0.601. The molecule has 126 valence electrons. The third kappa shape index (κ3) is 3.55. The highest BCUT2D eigenvalue weighted by Gasteiger charge is 2.21. The summed E-state index contributed by atoms with van der Waals surface area (Å²) in [5.41, 5.74) is -1.28. The van der Waals surface area contributed by atoms with E-state index in [4.69, 9.17) is 16.7 Å². The maximum absolute atomic E-state index is 12.2. The number of sulfonamides is 1. The fourth-order valence-corrected chi connectivity index (χ4v) is 3.03. The van der Waals surface area contributed by atoms with Crippen LogP contribution in [-0.2, 0) is 10.0 Å². The maximum atomic E-state index is 12.2. The molecule has 2 rings (SSSR count). The Kier molecular flexibility index (Phi) is 4.62. The second kappa shape index (κ2) is 6.34. The second-order valence-corrected chi connectivity index (χ2v) is 6.58. The molecule has 0 saturated heterocycles. The first-order chi connectivity index (χ1) is 11.1. The molecule has 0 aliphatic carbocycles. The molecule has 0 fully saturated rings. The third-order valence-electron chi connectivity index (χ3n) is 2.89. The highest BCUT2D eigenvalue weighted by atomic mass is 35.5. The van der Waals surface area contributed by atoms with Crippen LogP contribution < -0.4 is 9.83 Å². The van der Waals surface area contributed by atoms with Crippen LogP contribution in [0.5, 0.6) is 5.75 Å². The first-order valence-corrected chi connectivity index (χ1v) is 7.99. The average molecular weight is 372 g/mol. The predicted octanol–water partition coefficient (Wildman–Crippen LogP) is 1.82. The zero-order valence-electron chi connectivity index (χ0n) is 11.6. The fraction of sp³-hybridized carbons (Fsp3) is 0. The Hall–Kier alpha value is -2.85. The molecule has 24 heavy (non-hydrogen) atoms. The summed E-state index contributed by atoms with van der Waals surface area (Å²) in [4.78, 5) is 20.3. The minimum Gasteiger partial charge on any atom is -0.872 e. The number of halogens is 1. The first kappa shape index (κ1) is 17.5. The van der Waals surface area contributed by atoms with Gasteiger partial charge < -0.3 is 10.2 Å². The number of aromatic carboxylic acids is 1. The average Bonchev–Trinajstić information content (AvgIpc) is 2.46. The molecule has 0 aliphatic heterocycles. The van der Waals surface area contributed by atoms with Crippen LogP contribution in [-0.4, -0.2) is 24.4 Å². The van der Waals surface area contributed by atoms with Gasteiger partial charge in [-0.05, 0) is 30.3 Å². The van der Waals surface area contributed by atoms with Crippen molar-refractivity contribution in [3.8, 4) is 5.75 Å². The van der Waals surface area contributed by atoms with E-state index in [1.165, 1.54) is 0 Å². The van der Waals surface area contributed by atoms with Crippen LogP contribution in [0.1, 0.15) is 10.4 Å². The Morgan fingerprint density at radius 1 is 1.21 bits per heavy atom. The van der Waals surface area contributed by atoms with Gasteiger partial charge in [0.05, 0.1) is 15.4 Å². The Balaban J connectivity index is 2.39. The summed E-state index contributed by atoms with van der Waals surface area (Å²) >= 11 is 5.62. The Bertz CT molecular complexity index is 943. The first-order valence-electron chi connectivity index (χ1n) is 6.13. The van der Waals surface area contributed by atoms with E-state index in [9.17, 15) is 28.4 Å². The van der Waals surface area contributed by atoms with Crippen molar-refractivity contribution in [1.82, 2.24) is 0 Å². The molecule has 0 unspecified atom stereocenters. The summed E-state index contributed by atoms with van der Waals surface area (Å²) in [5, 5.41) is 30.9. The van der Waals surface area contributed by atoms with Crippen molar-refractivity contribution < 1.29 is 28.3 Å². The van der Waals surface area contributed by atoms with Crippen LogP contribution >= 0.6 is 11.6 Å². The van der Waals surface area contributed by atoms with Crippen molar-refractivity contribution in [2.24, 2.45) is 0 Å². The van der Waals surface area contributed by atoms with Crippen molar-refractivity contribution in [3.63, 3.8) is 0 Å². The number of nitrogens with zero attached hydrogens (tertiary/aromatic N) is 1. The Morgan fingerprint density at radius 3 is 2.42 bits per heavy atom. The van der Waals surface area contributed by atoms with E-state index >= 15 is 0 Å². The number of benzene rings is 2. The molecule has 2 N–H and O–H groups in total. The molecular weight excluding hydrogens is 364 g/mol. The maximum Gasteiger partial charge on any atom is 0.335 e. The summed E-state index contributed by atoms with van der Waals surface area (Å²) in [7, 11) is -4.24. The summed E-state index contributed by atoms with van der Waals surface area (Å²) in [5.74, 6) is -2.33. The standard InChI is InChI=1S/C13H9ClN2O7S/c14-10-4-2-8(6-11(10)16(20)21)24(22,23)15-7-1-3-9(13(18)19)12(17)5-7/h1-6,15,17H,(H,18,19)/p-1. The molecule has 2 aromatic carbocycles. The number of nitro groups is 1. The van der Waals surface area contributed by atoms with Crippen LogP contribution in [0.4, 0.5) is 11.4 Å². The van der Waals surface area contributed by atoms with E-state index in [1.807, 2.05) is 4.72 Å². The highest BCUT2D eigenvalue weighted by Crippen LogP contribution is 2.28. The fourth-order valence-electron chi connectivity index (χ4n) is 1.78. The van der Waals surface area contributed by atoms with Gasteiger partial charge in [-0.3, -0.25) is 14.8 Å². The number of carboxylic acid groups (broad SMARTS) is 1. The van der Waals surface area contributed by atoms with E-state index in [1.54, 1.807) is 0 Å². The zero-order valence-corrected chi connectivity index (χ0v) is 13.2. The summed E-state index contributed by atoms with van der Waals surface area (Å²) in [6.07, 6.45) is 0. The molecule has 0 atom stereocenters. The lowest BCUT2D eigenvalue weighted by Crippen LogP contribution is -2.14. The van der Waals surface area contributed by atoms with E-state index in [2.05, 4.69) is 0 Å². The zero-order chi connectivity index (χ0) is 18.1. The molecule has 9 nitrogen and oxygen atoms in total. The van der Waals surface area contributed by atoms with E-state index in [0.29, 0.717) is 0 Å². The number of nitrogens with one attached hydrogen (secondary N) is 1. The minimum atomic E-state index is -4.24. The molecule has 0 bridgehead atoms. The van der Waals surface area contributed by atoms with Crippen molar-refractivity contribution in [3.05, 3.63) is 57.1 Å². The normalized spacial score (nSPS) is 11.0. The molecule has 0 aromatic heterocycles. The summed E-state index contributed by atoms with van der Waals surface area (Å²) in [6.45, 7) is 0. The third-order valence-corrected chi connectivity index (χ3v) is 4.59. The summed E-state index contributed by atoms with van der Waals surface area (Å²) < 4.78 is 26.5. The van der Waals surface area contributed by atoms with Gasteiger partial charge >= 0.3 is 5.97 Å². The van der Waals surface area contributed by atoms with Gasteiger partial charge in [0.1, 0.15) is 5.02 Å². The van der Waals surface area contributed by atoms with Gasteiger partial charge in [-0.15, -0.1) is 0 Å². The van der Waals surface area contributed by atoms with Gasteiger partial charge in [-0.25, -0.2) is 13.2 Å². The molecule has 0 saturated carbocycles. The number of hydrogen-bond acceptors (Lipinski definition) is 6. The minimum absolute atomic E-state index is 0.178. The number of carboxylic acids is 1. The lowest BCUT2D eigenvalue weighted by molar-refractivity contribution is -0.384. The highest BCUT2D eigenvalue weighted by molar-refractivity contribution is 7.92. The van der Waals surface area contributed by atoms with Crippen molar-refractivity contribution in [1.29, 1.82) is 0 Å². The van der Waals surface area contributed by atoms with E-state index in [0.717, 1.165) is 36.4 Å². The molecule has 0 radical (unpaired) electrons. The van der Waals surface area contributed by atoms with Crippen molar-refractivity contribution >= 4 is 39.0 Å². The van der Waals surface area contributed by atoms with E-state index < -0.39 is 42.8 Å². The largest absolute Gasteiger partial charge is 0.872 e. The summed E-state index contributed by atoms with van der Waals surface area (Å²) in [6, 6.07) is 5.72. The number of carbonyl (C=O) groups is 1. The van der Waals surface area contributed by atoms with Crippen LogP contribution in [0.15, 0.2) is 41.3 Å². The smallest absolute Gasteiger partial charge is 0.335 e. The van der Waals surface area contributed by atoms with Crippen LogP contribution in [0.3, 0.4) is 0 Å². The number of hydrogen-bond donors (Lipinski definition) is 2. The van der Waals surface area contributed by atoms with Crippen LogP contribution in [0.2, 0.25) is 5.02 Å². The van der Waals surface area contributed by atoms with Crippen LogP contribution in [0.25, 0.3) is 0 Å². The predicted molar refractivity (Wildman–Crippen MR) is 81.8 cm³/mol. The Labute approximate surface area is 140 Å². The molecule has 0 heterocycles. The molecular formula is C13H8ClN2O7S-. The monoisotopic (exact) mass is 371 g/mol. The number of rotatable bonds is 5. The van der Waals surface area contributed by atoms with Gasteiger partial charge in [-0.2, -0.15) is 0 Å².